The number of alkyl halides is 2. The van der Waals surface area contributed by atoms with Crippen LogP contribution in [0.1, 0.15) is 25.0 Å². The molecule has 3 rings (SSSR count). The van der Waals surface area contributed by atoms with Crippen LogP contribution in [0.2, 0.25) is 0 Å². The van der Waals surface area contributed by atoms with Crippen molar-refractivity contribution in [2.75, 3.05) is 19.8 Å². The highest BCUT2D eigenvalue weighted by atomic mass is 31.2. The molecule has 34 heavy (non-hydrogen) atoms. The van der Waals surface area contributed by atoms with Crippen molar-refractivity contribution < 1.29 is 41.7 Å². The third-order valence-corrected chi connectivity index (χ3v) is 7.55. The van der Waals surface area contributed by atoms with Crippen LogP contribution in [0.15, 0.2) is 60.7 Å². The number of hydrogen-bond donors (Lipinski definition) is 1. The van der Waals surface area contributed by atoms with Crippen molar-refractivity contribution in [3.05, 3.63) is 71.8 Å². The lowest BCUT2D eigenvalue weighted by atomic mass is 10.1. The summed E-state index contributed by atoms with van der Waals surface area (Å²) >= 11 is 0. The molecule has 4 atom stereocenters. The van der Waals surface area contributed by atoms with Gasteiger partial charge in [0.25, 0.3) is 0 Å². The standard InChI is InChI=1S/C24H31F2O7P/c1-3-31-34(28,32-4-2)24(25,26)23-22(30-17-19-13-9-6-10-14-19)21(20(15-27)33-23)29-16-18-11-7-5-8-12-18/h5-14,20-23,27H,3-4,15-17H2,1-2H3/t20-,21-,22+,23-/m1/s1. The van der Waals surface area contributed by atoms with Gasteiger partial charge in [-0.05, 0) is 25.0 Å². The molecule has 0 amide bonds. The maximum absolute atomic E-state index is 15.7. The van der Waals surface area contributed by atoms with Gasteiger partial charge >= 0.3 is 13.3 Å². The molecule has 0 unspecified atom stereocenters. The molecule has 7 nitrogen and oxygen atoms in total. The van der Waals surface area contributed by atoms with E-state index < -0.39 is 44.3 Å². The highest BCUT2D eigenvalue weighted by molar-refractivity contribution is 7.55. The Morgan fingerprint density at radius 2 is 1.35 bits per heavy atom. The maximum atomic E-state index is 15.7. The van der Waals surface area contributed by atoms with Crippen LogP contribution in [0, 0.1) is 0 Å². The Morgan fingerprint density at radius 1 is 0.882 bits per heavy atom. The fourth-order valence-corrected chi connectivity index (χ4v) is 5.39. The van der Waals surface area contributed by atoms with Gasteiger partial charge in [-0.25, -0.2) is 0 Å². The number of aliphatic hydroxyl groups excluding tert-OH is 1. The average Bonchev–Trinajstić information content (AvgIpc) is 3.21. The molecular weight excluding hydrogens is 469 g/mol. The molecule has 0 bridgehead atoms. The van der Waals surface area contributed by atoms with Gasteiger partial charge < -0.3 is 28.4 Å². The van der Waals surface area contributed by atoms with Crippen molar-refractivity contribution in [1.29, 1.82) is 0 Å². The molecule has 2 aromatic rings. The first-order chi connectivity index (χ1) is 16.4. The number of hydrogen-bond acceptors (Lipinski definition) is 7. The van der Waals surface area contributed by atoms with Gasteiger partial charge in [-0.2, -0.15) is 8.78 Å². The third kappa shape index (κ3) is 6.10. The molecule has 1 fully saturated rings. The highest BCUT2D eigenvalue weighted by Gasteiger charge is 2.67. The summed E-state index contributed by atoms with van der Waals surface area (Å²) in [5, 5.41) is 9.89. The molecular formula is C24H31F2O7P. The van der Waals surface area contributed by atoms with Crippen molar-refractivity contribution in [2.45, 2.75) is 57.1 Å². The van der Waals surface area contributed by atoms with Crippen molar-refractivity contribution in [1.82, 2.24) is 0 Å². The third-order valence-electron chi connectivity index (χ3n) is 5.37. The Balaban J connectivity index is 1.90. The van der Waals surface area contributed by atoms with Gasteiger partial charge in [0.05, 0.1) is 33.0 Å². The lowest BCUT2D eigenvalue weighted by Crippen LogP contribution is -2.46. The quantitative estimate of drug-likeness (QED) is 0.397. The first-order valence-corrected chi connectivity index (χ1v) is 12.7. The molecule has 0 saturated carbocycles. The lowest BCUT2D eigenvalue weighted by Gasteiger charge is -2.32. The molecule has 0 radical (unpaired) electrons. The van der Waals surface area contributed by atoms with Gasteiger partial charge in [-0.1, -0.05) is 60.7 Å². The highest BCUT2D eigenvalue weighted by Crippen LogP contribution is 2.65. The number of rotatable bonds is 13. The van der Waals surface area contributed by atoms with Gasteiger partial charge in [0.1, 0.15) is 18.3 Å². The van der Waals surface area contributed by atoms with Crippen molar-refractivity contribution in [3.8, 4) is 0 Å². The molecule has 1 saturated heterocycles. The van der Waals surface area contributed by atoms with Crippen LogP contribution in [-0.2, 0) is 41.0 Å². The zero-order valence-corrected chi connectivity index (χ0v) is 20.1. The van der Waals surface area contributed by atoms with E-state index in [4.69, 9.17) is 23.3 Å². The molecule has 0 aromatic heterocycles. The first kappa shape index (κ1) is 26.9. The Morgan fingerprint density at radius 3 is 1.79 bits per heavy atom. The minimum atomic E-state index is -4.92. The molecule has 10 heteroatoms. The van der Waals surface area contributed by atoms with E-state index in [0.717, 1.165) is 11.1 Å². The largest absolute Gasteiger partial charge is 0.402 e. The number of benzene rings is 2. The second kappa shape index (κ2) is 12.3. The van der Waals surface area contributed by atoms with E-state index in [-0.39, 0.29) is 26.4 Å². The average molecular weight is 500 g/mol. The topological polar surface area (TPSA) is 83.5 Å². The maximum Gasteiger partial charge on any atom is 0.402 e. The van der Waals surface area contributed by atoms with Crippen molar-refractivity contribution >= 4 is 7.60 Å². The van der Waals surface area contributed by atoms with E-state index in [1.807, 2.05) is 36.4 Å². The zero-order chi connectivity index (χ0) is 24.6. The van der Waals surface area contributed by atoms with Crippen molar-refractivity contribution in [2.24, 2.45) is 0 Å². The summed E-state index contributed by atoms with van der Waals surface area (Å²) in [4.78, 5) is 0. The van der Waals surface area contributed by atoms with E-state index in [9.17, 15) is 9.67 Å². The summed E-state index contributed by atoms with van der Waals surface area (Å²) in [6.07, 6.45) is -5.57. The smallest absolute Gasteiger partial charge is 0.394 e. The predicted molar refractivity (Wildman–Crippen MR) is 122 cm³/mol. The van der Waals surface area contributed by atoms with E-state index in [0.29, 0.717) is 0 Å². The minimum absolute atomic E-state index is 0.0155. The van der Waals surface area contributed by atoms with E-state index in [1.165, 1.54) is 13.8 Å². The summed E-state index contributed by atoms with van der Waals surface area (Å²) in [6, 6.07) is 18.2. The van der Waals surface area contributed by atoms with E-state index >= 15 is 8.78 Å². The second-order valence-electron chi connectivity index (χ2n) is 7.72. The minimum Gasteiger partial charge on any atom is -0.394 e. The number of halogens is 2. The van der Waals surface area contributed by atoms with E-state index in [2.05, 4.69) is 0 Å². The molecule has 1 N–H and O–H groups in total. The molecule has 1 aliphatic heterocycles. The van der Waals surface area contributed by atoms with Gasteiger partial charge in [-0.15, -0.1) is 0 Å². The van der Waals surface area contributed by atoms with Gasteiger partial charge in [0.15, 0.2) is 6.10 Å². The van der Waals surface area contributed by atoms with Crippen LogP contribution in [0.3, 0.4) is 0 Å². The SMILES string of the molecule is CCOP(=O)(OCC)C(F)(F)[C@@H]1O[C@H](CO)[C@@H](OCc2ccccc2)[C@@H]1OCc1ccccc1. The fourth-order valence-electron chi connectivity index (χ4n) is 3.78. The Bertz CT molecular complexity index is 906. The molecule has 188 valence electrons. The summed E-state index contributed by atoms with van der Waals surface area (Å²) in [5.41, 5.74) is -2.50. The van der Waals surface area contributed by atoms with Crippen molar-refractivity contribution in [3.63, 3.8) is 0 Å². The first-order valence-electron chi connectivity index (χ1n) is 11.2. The molecule has 0 spiro atoms. The molecule has 1 aliphatic rings. The summed E-state index contributed by atoms with van der Waals surface area (Å²) in [6.45, 7) is 1.89. The molecule has 1 heterocycles. The Hall–Kier alpha value is -1.71. The molecule has 0 aliphatic carbocycles. The van der Waals surface area contributed by atoms with Crippen LogP contribution < -0.4 is 0 Å². The van der Waals surface area contributed by atoms with Crippen LogP contribution >= 0.6 is 7.60 Å². The fraction of sp³-hybridized carbons (Fsp3) is 0.500. The van der Waals surface area contributed by atoms with Crippen LogP contribution in [0.4, 0.5) is 8.78 Å². The normalized spacial score (nSPS) is 23.3. The summed E-state index contributed by atoms with van der Waals surface area (Å²) < 4.78 is 71.8. The predicted octanol–water partition coefficient (Wildman–Crippen LogP) is 4.78. The molecule has 2 aromatic carbocycles. The van der Waals surface area contributed by atoms with Gasteiger partial charge in [-0.3, -0.25) is 4.57 Å². The van der Waals surface area contributed by atoms with Crippen LogP contribution in [0.5, 0.6) is 0 Å². The summed E-state index contributed by atoms with van der Waals surface area (Å²) in [5.74, 6) is 0. The summed E-state index contributed by atoms with van der Waals surface area (Å²) in [7, 11) is -4.92. The number of aliphatic hydroxyl groups is 1. The number of ether oxygens (including phenoxy) is 3. The van der Waals surface area contributed by atoms with Crippen LogP contribution in [0.25, 0.3) is 0 Å². The van der Waals surface area contributed by atoms with Crippen LogP contribution in [-0.4, -0.2) is 55.0 Å². The second-order valence-corrected chi connectivity index (χ2v) is 9.83. The van der Waals surface area contributed by atoms with Gasteiger partial charge in [0, 0.05) is 0 Å². The van der Waals surface area contributed by atoms with Gasteiger partial charge in [0.2, 0.25) is 0 Å². The monoisotopic (exact) mass is 500 g/mol. The van der Waals surface area contributed by atoms with E-state index in [1.54, 1.807) is 24.3 Å². The lowest BCUT2D eigenvalue weighted by molar-refractivity contribution is -0.140. The zero-order valence-electron chi connectivity index (χ0n) is 19.2. The Kier molecular flexibility index (Phi) is 9.74. The Labute approximate surface area is 198 Å².